The second-order valence-corrected chi connectivity index (χ2v) is 5.85. The Labute approximate surface area is 106 Å². The second-order valence-electron chi connectivity index (χ2n) is 4.04. The molecule has 0 saturated carbocycles. The van der Waals surface area contributed by atoms with Gasteiger partial charge in [0.1, 0.15) is 0 Å². The number of benzene rings is 1. The van der Waals surface area contributed by atoms with E-state index < -0.39 is 16.0 Å². The molecule has 0 aliphatic carbocycles. The van der Waals surface area contributed by atoms with Gasteiger partial charge in [0.25, 0.3) is 0 Å². The molecule has 0 atom stereocenters. The third-order valence-corrected chi connectivity index (χ3v) is 3.42. The standard InChI is InChI=1S/C12H15NO4S/c1-9(2)7-13-18(16,17)8-10-4-3-5-11(6-10)12(14)15/h3-6,13H,1,7-8H2,2H3,(H,14,15). The minimum Gasteiger partial charge on any atom is -0.478 e. The Morgan fingerprint density at radius 3 is 2.67 bits per heavy atom. The van der Waals surface area contributed by atoms with Gasteiger partial charge in [-0.3, -0.25) is 0 Å². The monoisotopic (exact) mass is 269 g/mol. The summed E-state index contributed by atoms with van der Waals surface area (Å²) in [6.07, 6.45) is 0. The summed E-state index contributed by atoms with van der Waals surface area (Å²) in [6, 6.07) is 5.86. The number of aromatic carboxylic acids is 1. The molecule has 0 aliphatic rings. The largest absolute Gasteiger partial charge is 0.478 e. The van der Waals surface area contributed by atoms with E-state index in [0.29, 0.717) is 11.1 Å². The molecule has 0 radical (unpaired) electrons. The van der Waals surface area contributed by atoms with Gasteiger partial charge < -0.3 is 5.11 Å². The molecule has 0 aliphatic heterocycles. The summed E-state index contributed by atoms with van der Waals surface area (Å²) in [7, 11) is -3.48. The van der Waals surface area contributed by atoms with Crippen molar-refractivity contribution in [2.75, 3.05) is 6.54 Å². The number of carboxylic acids is 1. The van der Waals surface area contributed by atoms with Gasteiger partial charge in [-0.15, -0.1) is 0 Å². The van der Waals surface area contributed by atoms with Crippen LogP contribution in [0.1, 0.15) is 22.8 Å². The molecule has 0 heterocycles. The zero-order valence-corrected chi connectivity index (χ0v) is 10.8. The molecule has 0 unspecified atom stereocenters. The molecule has 1 rings (SSSR count). The first-order chi connectivity index (χ1) is 8.30. The minimum absolute atomic E-state index is 0.0719. The van der Waals surface area contributed by atoms with Gasteiger partial charge in [0.05, 0.1) is 11.3 Å². The zero-order chi connectivity index (χ0) is 13.8. The molecule has 0 aromatic heterocycles. The highest BCUT2D eigenvalue weighted by Gasteiger charge is 2.12. The fraction of sp³-hybridized carbons (Fsp3) is 0.250. The zero-order valence-electron chi connectivity index (χ0n) is 10.0. The van der Waals surface area contributed by atoms with Crippen molar-refractivity contribution in [3.8, 4) is 0 Å². The molecule has 0 amide bonds. The fourth-order valence-corrected chi connectivity index (χ4v) is 2.48. The highest BCUT2D eigenvalue weighted by molar-refractivity contribution is 7.88. The molecule has 0 bridgehead atoms. The quantitative estimate of drug-likeness (QED) is 0.764. The molecule has 18 heavy (non-hydrogen) atoms. The van der Waals surface area contributed by atoms with Crippen LogP contribution in [-0.4, -0.2) is 26.0 Å². The number of carboxylic acid groups (broad SMARTS) is 1. The first kappa shape index (κ1) is 14.4. The van der Waals surface area contributed by atoms with E-state index in [9.17, 15) is 13.2 Å². The Hall–Kier alpha value is -1.66. The lowest BCUT2D eigenvalue weighted by Crippen LogP contribution is -2.26. The van der Waals surface area contributed by atoms with Crippen molar-refractivity contribution in [3.05, 3.63) is 47.5 Å². The Bertz CT molecular complexity index is 563. The van der Waals surface area contributed by atoms with Crippen molar-refractivity contribution in [1.82, 2.24) is 4.72 Å². The van der Waals surface area contributed by atoms with Gasteiger partial charge in [-0.25, -0.2) is 17.9 Å². The van der Waals surface area contributed by atoms with Gasteiger partial charge in [-0.2, -0.15) is 0 Å². The summed E-state index contributed by atoms with van der Waals surface area (Å²) in [4.78, 5) is 10.8. The van der Waals surface area contributed by atoms with Crippen LogP contribution in [0.4, 0.5) is 0 Å². The van der Waals surface area contributed by atoms with Crippen molar-refractivity contribution in [2.24, 2.45) is 0 Å². The summed E-state index contributed by atoms with van der Waals surface area (Å²) in [5, 5.41) is 8.81. The van der Waals surface area contributed by atoms with Crippen LogP contribution in [0.2, 0.25) is 0 Å². The van der Waals surface area contributed by atoms with E-state index in [1.54, 1.807) is 13.0 Å². The van der Waals surface area contributed by atoms with Crippen molar-refractivity contribution in [3.63, 3.8) is 0 Å². The maximum atomic E-state index is 11.7. The molecular weight excluding hydrogens is 254 g/mol. The van der Waals surface area contributed by atoms with Gasteiger partial charge in [0, 0.05) is 6.54 Å². The van der Waals surface area contributed by atoms with Crippen LogP contribution >= 0.6 is 0 Å². The molecule has 1 aromatic carbocycles. The van der Waals surface area contributed by atoms with Crippen molar-refractivity contribution >= 4 is 16.0 Å². The SMILES string of the molecule is C=C(C)CNS(=O)(=O)Cc1cccc(C(=O)O)c1. The third kappa shape index (κ3) is 4.68. The maximum absolute atomic E-state index is 11.7. The van der Waals surface area contributed by atoms with Crippen LogP contribution in [0.3, 0.4) is 0 Å². The van der Waals surface area contributed by atoms with Crippen molar-refractivity contribution in [2.45, 2.75) is 12.7 Å². The van der Waals surface area contributed by atoms with Gasteiger partial charge >= 0.3 is 5.97 Å². The summed E-state index contributed by atoms with van der Waals surface area (Å²) >= 11 is 0. The second kappa shape index (κ2) is 5.79. The minimum atomic E-state index is -3.48. The van der Waals surface area contributed by atoms with Crippen LogP contribution in [0.5, 0.6) is 0 Å². The maximum Gasteiger partial charge on any atom is 0.335 e. The van der Waals surface area contributed by atoms with Gasteiger partial charge in [0.15, 0.2) is 0 Å². The Morgan fingerprint density at radius 1 is 1.44 bits per heavy atom. The summed E-state index contributed by atoms with van der Waals surface area (Å²) in [5.74, 6) is -1.33. The third-order valence-electron chi connectivity index (χ3n) is 2.12. The highest BCUT2D eigenvalue weighted by Crippen LogP contribution is 2.09. The molecule has 1 aromatic rings. The van der Waals surface area contributed by atoms with Crippen LogP contribution in [-0.2, 0) is 15.8 Å². The molecular formula is C12H15NO4S. The predicted octanol–water partition coefficient (Wildman–Crippen LogP) is 1.38. The molecule has 0 spiro atoms. The van der Waals surface area contributed by atoms with E-state index >= 15 is 0 Å². The fourth-order valence-electron chi connectivity index (χ4n) is 1.30. The summed E-state index contributed by atoms with van der Waals surface area (Å²) in [5.41, 5.74) is 1.21. The Kier molecular flexibility index (Phi) is 4.63. The Balaban J connectivity index is 2.81. The lowest BCUT2D eigenvalue weighted by atomic mass is 10.1. The van der Waals surface area contributed by atoms with Crippen molar-refractivity contribution < 1.29 is 18.3 Å². The molecule has 98 valence electrons. The van der Waals surface area contributed by atoms with E-state index in [4.69, 9.17) is 5.11 Å². The number of sulfonamides is 1. The van der Waals surface area contributed by atoms with Crippen LogP contribution in [0.15, 0.2) is 36.4 Å². The van der Waals surface area contributed by atoms with E-state index in [2.05, 4.69) is 11.3 Å². The van der Waals surface area contributed by atoms with Gasteiger partial charge in [-0.1, -0.05) is 24.3 Å². The van der Waals surface area contributed by atoms with Crippen molar-refractivity contribution in [1.29, 1.82) is 0 Å². The first-order valence-corrected chi connectivity index (χ1v) is 6.89. The average molecular weight is 269 g/mol. The molecule has 0 fully saturated rings. The molecule has 6 heteroatoms. The highest BCUT2D eigenvalue weighted by atomic mass is 32.2. The van der Waals surface area contributed by atoms with Gasteiger partial charge in [-0.05, 0) is 24.6 Å². The normalized spacial score (nSPS) is 11.2. The lowest BCUT2D eigenvalue weighted by molar-refractivity contribution is 0.0696. The predicted molar refractivity (Wildman–Crippen MR) is 68.8 cm³/mol. The van der Waals surface area contributed by atoms with Crippen LogP contribution < -0.4 is 4.72 Å². The number of hydrogen-bond donors (Lipinski definition) is 2. The van der Waals surface area contributed by atoms with E-state index in [1.165, 1.54) is 18.2 Å². The number of carbonyl (C=O) groups is 1. The van der Waals surface area contributed by atoms with Crippen LogP contribution in [0, 0.1) is 0 Å². The average Bonchev–Trinajstić information content (AvgIpc) is 2.26. The molecule has 2 N–H and O–H groups in total. The summed E-state index contributed by atoms with van der Waals surface area (Å²) in [6.45, 7) is 5.50. The molecule has 5 nitrogen and oxygen atoms in total. The lowest BCUT2D eigenvalue weighted by Gasteiger charge is -2.07. The smallest absolute Gasteiger partial charge is 0.335 e. The van der Waals surface area contributed by atoms with Crippen LogP contribution in [0.25, 0.3) is 0 Å². The topological polar surface area (TPSA) is 83.5 Å². The van der Waals surface area contributed by atoms with E-state index in [0.717, 1.165) is 0 Å². The number of nitrogens with one attached hydrogen (secondary N) is 1. The van der Waals surface area contributed by atoms with E-state index in [-0.39, 0.29) is 17.9 Å². The Morgan fingerprint density at radius 2 is 2.11 bits per heavy atom. The first-order valence-electron chi connectivity index (χ1n) is 5.24. The number of rotatable bonds is 6. The molecule has 0 saturated heterocycles. The summed E-state index contributed by atoms with van der Waals surface area (Å²) < 4.78 is 25.8. The van der Waals surface area contributed by atoms with E-state index in [1.807, 2.05) is 0 Å². The van der Waals surface area contributed by atoms with Gasteiger partial charge in [0.2, 0.25) is 10.0 Å². The number of hydrogen-bond acceptors (Lipinski definition) is 3.